The van der Waals surface area contributed by atoms with Crippen molar-refractivity contribution in [2.75, 3.05) is 0 Å². The molecule has 3 rings (SSSR count). The molecular formula is C12H13N5S. The maximum Gasteiger partial charge on any atom is 0.178 e. The predicted molar refractivity (Wildman–Crippen MR) is 71.9 cm³/mol. The van der Waals surface area contributed by atoms with Gasteiger partial charge in [0.15, 0.2) is 4.77 Å². The van der Waals surface area contributed by atoms with Gasteiger partial charge in [-0.25, -0.2) is 0 Å². The summed E-state index contributed by atoms with van der Waals surface area (Å²) in [4.78, 5) is 3.26. The number of hydrogen-bond donors (Lipinski definition) is 1. The third-order valence-electron chi connectivity index (χ3n) is 3.04. The van der Waals surface area contributed by atoms with E-state index in [2.05, 4.69) is 38.9 Å². The van der Waals surface area contributed by atoms with Crippen molar-refractivity contribution in [3.63, 3.8) is 0 Å². The first-order chi connectivity index (χ1) is 8.75. The van der Waals surface area contributed by atoms with Gasteiger partial charge in [0, 0.05) is 12.7 Å². The number of para-hydroxylation sites is 1. The molecule has 0 saturated carbocycles. The Morgan fingerprint density at radius 2 is 2.22 bits per heavy atom. The maximum atomic E-state index is 5.37. The number of hydrogen-bond acceptors (Lipinski definition) is 3. The van der Waals surface area contributed by atoms with Crippen molar-refractivity contribution in [3.8, 4) is 0 Å². The molecule has 0 aliphatic carbocycles. The Morgan fingerprint density at radius 1 is 1.33 bits per heavy atom. The number of aryl methyl sites for hydroxylation is 3. The summed E-state index contributed by atoms with van der Waals surface area (Å²) in [6.07, 6.45) is 3.53. The summed E-state index contributed by atoms with van der Waals surface area (Å²) < 4.78 is 4.65. The van der Waals surface area contributed by atoms with Gasteiger partial charge in [-0.05, 0) is 30.8 Å². The molecule has 0 spiro atoms. The molecule has 0 unspecified atom stereocenters. The van der Waals surface area contributed by atoms with E-state index in [4.69, 9.17) is 12.2 Å². The van der Waals surface area contributed by atoms with Crippen molar-refractivity contribution in [1.82, 2.24) is 24.5 Å². The zero-order valence-corrected chi connectivity index (χ0v) is 10.8. The smallest absolute Gasteiger partial charge is 0.178 e. The van der Waals surface area contributed by atoms with Crippen LogP contribution >= 0.6 is 12.2 Å². The summed E-state index contributed by atoms with van der Waals surface area (Å²) >= 11 is 5.37. The summed E-state index contributed by atoms with van der Waals surface area (Å²) in [7, 11) is 0. The summed E-state index contributed by atoms with van der Waals surface area (Å²) in [6.45, 7) is 3.62. The van der Waals surface area contributed by atoms with E-state index in [1.54, 1.807) is 10.9 Å². The number of fused-ring (bicyclic) bond motifs is 1. The first-order valence-electron chi connectivity index (χ1n) is 5.78. The molecule has 0 radical (unpaired) electrons. The van der Waals surface area contributed by atoms with Crippen LogP contribution in [0.15, 0.2) is 30.6 Å². The van der Waals surface area contributed by atoms with Crippen molar-refractivity contribution in [2.45, 2.75) is 20.0 Å². The highest BCUT2D eigenvalue weighted by Crippen LogP contribution is 2.17. The minimum absolute atomic E-state index is 0.749. The average Bonchev–Trinajstić information content (AvgIpc) is 2.95. The van der Waals surface area contributed by atoms with Gasteiger partial charge in [-0.2, -0.15) is 0 Å². The van der Waals surface area contributed by atoms with E-state index in [9.17, 15) is 0 Å². The van der Waals surface area contributed by atoms with Gasteiger partial charge in [0.25, 0.3) is 0 Å². The van der Waals surface area contributed by atoms with Crippen LogP contribution in [0.3, 0.4) is 0 Å². The van der Waals surface area contributed by atoms with Gasteiger partial charge in [-0.1, -0.05) is 17.3 Å². The quantitative estimate of drug-likeness (QED) is 0.734. The molecule has 2 aromatic heterocycles. The highest BCUT2D eigenvalue weighted by Gasteiger charge is 2.05. The van der Waals surface area contributed by atoms with Crippen LogP contribution in [-0.4, -0.2) is 24.5 Å². The Balaban J connectivity index is 1.99. The van der Waals surface area contributed by atoms with Gasteiger partial charge in [0.2, 0.25) is 0 Å². The molecule has 0 aliphatic rings. The van der Waals surface area contributed by atoms with Crippen LogP contribution in [-0.2, 0) is 13.1 Å². The van der Waals surface area contributed by atoms with Gasteiger partial charge < -0.3 is 9.55 Å². The van der Waals surface area contributed by atoms with E-state index in [0.717, 1.165) is 28.9 Å². The van der Waals surface area contributed by atoms with E-state index in [1.807, 2.05) is 12.3 Å². The first kappa shape index (κ1) is 11.2. The highest BCUT2D eigenvalue weighted by atomic mass is 32.1. The normalized spacial score (nSPS) is 11.2. The van der Waals surface area contributed by atoms with Crippen LogP contribution in [0.25, 0.3) is 11.0 Å². The van der Waals surface area contributed by atoms with Crippen molar-refractivity contribution in [3.05, 3.63) is 40.9 Å². The van der Waals surface area contributed by atoms with Crippen LogP contribution in [0.1, 0.15) is 5.56 Å². The number of imidazole rings is 1. The number of nitrogens with one attached hydrogen (secondary N) is 1. The number of rotatable bonds is 3. The second kappa shape index (κ2) is 4.38. The largest absolute Gasteiger partial charge is 0.330 e. The minimum atomic E-state index is 0.749. The fourth-order valence-electron chi connectivity index (χ4n) is 2.10. The van der Waals surface area contributed by atoms with Gasteiger partial charge in [0.1, 0.15) is 0 Å². The Labute approximate surface area is 109 Å². The number of H-pyrrole nitrogens is 1. The standard InChI is InChI=1S/C12H13N5S/c1-9-3-2-4-10-11(9)14-12(18)17(10)8-7-16-6-5-13-15-16/h2-6H,7-8H2,1H3,(H,14,18). The van der Waals surface area contributed by atoms with E-state index >= 15 is 0 Å². The molecule has 0 bridgehead atoms. The maximum absolute atomic E-state index is 5.37. The lowest BCUT2D eigenvalue weighted by Gasteiger charge is -2.04. The number of aromatic amines is 1. The molecule has 3 aromatic rings. The third kappa shape index (κ3) is 1.84. The number of benzene rings is 1. The lowest BCUT2D eigenvalue weighted by atomic mass is 10.2. The highest BCUT2D eigenvalue weighted by molar-refractivity contribution is 7.71. The summed E-state index contributed by atoms with van der Waals surface area (Å²) in [5.74, 6) is 0. The Morgan fingerprint density at radius 3 is 3.00 bits per heavy atom. The number of aromatic nitrogens is 5. The molecule has 0 amide bonds. The second-order valence-corrected chi connectivity index (χ2v) is 4.60. The van der Waals surface area contributed by atoms with E-state index in [1.165, 1.54) is 5.56 Å². The summed E-state index contributed by atoms with van der Waals surface area (Å²) in [6, 6.07) is 6.21. The fraction of sp³-hybridized carbons (Fsp3) is 0.250. The van der Waals surface area contributed by atoms with Crippen molar-refractivity contribution >= 4 is 23.3 Å². The molecule has 0 atom stereocenters. The van der Waals surface area contributed by atoms with Gasteiger partial charge in [-0.3, -0.25) is 4.68 Å². The van der Waals surface area contributed by atoms with Gasteiger partial charge in [0.05, 0.1) is 23.8 Å². The van der Waals surface area contributed by atoms with Crippen LogP contribution in [0.2, 0.25) is 0 Å². The Bertz CT molecular complexity index is 723. The SMILES string of the molecule is Cc1cccc2c1[nH]c(=S)n2CCn1ccnn1. The van der Waals surface area contributed by atoms with Crippen molar-refractivity contribution in [2.24, 2.45) is 0 Å². The lowest BCUT2D eigenvalue weighted by molar-refractivity contribution is 0.523. The summed E-state index contributed by atoms with van der Waals surface area (Å²) in [5, 5.41) is 7.74. The molecule has 0 saturated heterocycles. The first-order valence-corrected chi connectivity index (χ1v) is 6.19. The van der Waals surface area contributed by atoms with Crippen LogP contribution in [0, 0.1) is 11.7 Å². The molecule has 92 valence electrons. The van der Waals surface area contributed by atoms with Crippen LogP contribution in [0.5, 0.6) is 0 Å². The van der Waals surface area contributed by atoms with Gasteiger partial charge >= 0.3 is 0 Å². The van der Waals surface area contributed by atoms with Crippen LogP contribution in [0.4, 0.5) is 0 Å². The van der Waals surface area contributed by atoms with Gasteiger partial charge in [-0.15, -0.1) is 5.10 Å². The average molecular weight is 259 g/mol. The fourth-order valence-corrected chi connectivity index (χ4v) is 2.39. The molecule has 1 aromatic carbocycles. The summed E-state index contributed by atoms with van der Waals surface area (Å²) in [5.41, 5.74) is 3.46. The molecule has 6 heteroatoms. The second-order valence-electron chi connectivity index (χ2n) is 4.22. The molecule has 18 heavy (non-hydrogen) atoms. The lowest BCUT2D eigenvalue weighted by Crippen LogP contribution is -2.08. The molecule has 5 nitrogen and oxygen atoms in total. The molecule has 1 N–H and O–H groups in total. The van der Waals surface area contributed by atoms with Crippen molar-refractivity contribution < 1.29 is 0 Å². The van der Waals surface area contributed by atoms with Crippen LogP contribution < -0.4 is 0 Å². The van der Waals surface area contributed by atoms with E-state index in [0.29, 0.717) is 0 Å². The predicted octanol–water partition coefficient (Wildman–Crippen LogP) is 2.30. The Hall–Kier alpha value is -1.95. The molecular weight excluding hydrogens is 246 g/mol. The minimum Gasteiger partial charge on any atom is -0.330 e. The third-order valence-corrected chi connectivity index (χ3v) is 3.37. The zero-order chi connectivity index (χ0) is 12.5. The monoisotopic (exact) mass is 259 g/mol. The molecule has 0 fully saturated rings. The van der Waals surface area contributed by atoms with E-state index in [-0.39, 0.29) is 0 Å². The Kier molecular flexibility index (Phi) is 2.71. The molecule has 2 heterocycles. The van der Waals surface area contributed by atoms with E-state index < -0.39 is 0 Å². The van der Waals surface area contributed by atoms with Crippen molar-refractivity contribution in [1.29, 1.82) is 0 Å². The number of nitrogens with zero attached hydrogens (tertiary/aromatic N) is 4. The topological polar surface area (TPSA) is 51.4 Å². The zero-order valence-electron chi connectivity index (χ0n) is 10.00. The molecule has 0 aliphatic heterocycles.